The molecule has 0 saturated carbocycles. The third-order valence-electron chi connectivity index (χ3n) is 2.69. The van der Waals surface area contributed by atoms with E-state index in [9.17, 15) is 4.79 Å². The van der Waals surface area contributed by atoms with Crippen LogP contribution in [0.1, 0.15) is 20.8 Å². The van der Waals surface area contributed by atoms with Gasteiger partial charge < -0.3 is 10.2 Å². The van der Waals surface area contributed by atoms with Gasteiger partial charge in [-0.2, -0.15) is 0 Å². The number of amides is 1. The molecule has 0 saturated heterocycles. The number of primary amides is 1. The number of carbonyl (C=O) groups excluding carboxylic acids is 1. The maximum Gasteiger partial charge on any atom is 0.230 e. The van der Waals surface area contributed by atoms with Crippen LogP contribution in [0.4, 0.5) is 0 Å². The van der Waals surface area contributed by atoms with Crippen molar-refractivity contribution in [2.45, 2.75) is 37.7 Å². The standard InChI is InChI=1S/C13H18N4O2S/c1-8(2)7-17-12(10-5-4-6-19-10)15-16-13(17)20-9(3)11(14)18/h4-6,8-9H,7H2,1-3H3,(H2,14,18)/t9-/m0/s1. The Morgan fingerprint density at radius 2 is 2.20 bits per heavy atom. The fourth-order valence-electron chi connectivity index (χ4n) is 1.71. The number of rotatable bonds is 6. The van der Waals surface area contributed by atoms with Gasteiger partial charge >= 0.3 is 0 Å². The number of aromatic nitrogens is 3. The lowest BCUT2D eigenvalue weighted by molar-refractivity contribution is -0.117. The van der Waals surface area contributed by atoms with Crippen LogP contribution in [0.5, 0.6) is 0 Å². The highest BCUT2D eigenvalue weighted by molar-refractivity contribution is 8.00. The van der Waals surface area contributed by atoms with Crippen LogP contribution in [-0.4, -0.2) is 25.9 Å². The van der Waals surface area contributed by atoms with Gasteiger partial charge in [-0.25, -0.2) is 0 Å². The highest BCUT2D eigenvalue weighted by Gasteiger charge is 2.20. The molecule has 108 valence electrons. The normalized spacial score (nSPS) is 12.8. The van der Waals surface area contributed by atoms with Gasteiger partial charge in [0.2, 0.25) is 5.91 Å². The second-order valence-electron chi connectivity index (χ2n) is 4.95. The highest BCUT2D eigenvalue weighted by Crippen LogP contribution is 2.27. The predicted octanol–water partition coefficient (Wildman–Crippen LogP) is 2.16. The zero-order chi connectivity index (χ0) is 14.7. The molecule has 0 aliphatic heterocycles. The van der Waals surface area contributed by atoms with E-state index in [1.165, 1.54) is 11.8 Å². The van der Waals surface area contributed by atoms with Gasteiger partial charge in [0, 0.05) is 6.54 Å². The van der Waals surface area contributed by atoms with Crippen molar-refractivity contribution >= 4 is 17.7 Å². The summed E-state index contributed by atoms with van der Waals surface area (Å²) in [4.78, 5) is 11.2. The Bertz CT molecular complexity index is 577. The Labute approximate surface area is 121 Å². The van der Waals surface area contributed by atoms with E-state index >= 15 is 0 Å². The number of hydrogen-bond acceptors (Lipinski definition) is 5. The first kappa shape index (κ1) is 14.6. The minimum absolute atomic E-state index is 0.352. The fourth-order valence-corrected chi connectivity index (χ4v) is 2.52. The molecule has 0 unspecified atom stereocenters. The summed E-state index contributed by atoms with van der Waals surface area (Å²) in [5.74, 6) is 1.39. The topological polar surface area (TPSA) is 86.9 Å². The summed E-state index contributed by atoms with van der Waals surface area (Å²) in [5, 5.41) is 8.65. The van der Waals surface area contributed by atoms with E-state index in [1.54, 1.807) is 13.2 Å². The molecule has 1 amide bonds. The molecule has 0 aliphatic carbocycles. The maximum absolute atomic E-state index is 11.2. The Hall–Kier alpha value is -1.76. The van der Waals surface area contributed by atoms with Gasteiger partial charge in [0.1, 0.15) is 0 Å². The van der Waals surface area contributed by atoms with Crippen LogP contribution in [-0.2, 0) is 11.3 Å². The summed E-state index contributed by atoms with van der Waals surface area (Å²) >= 11 is 1.31. The van der Waals surface area contributed by atoms with Crippen molar-refractivity contribution in [3.05, 3.63) is 18.4 Å². The molecular formula is C13H18N4O2S. The van der Waals surface area contributed by atoms with Crippen molar-refractivity contribution in [1.82, 2.24) is 14.8 Å². The largest absolute Gasteiger partial charge is 0.461 e. The summed E-state index contributed by atoms with van der Waals surface area (Å²) in [6.07, 6.45) is 1.60. The van der Waals surface area contributed by atoms with Crippen LogP contribution in [0.3, 0.4) is 0 Å². The molecule has 2 heterocycles. The van der Waals surface area contributed by atoms with Gasteiger partial charge in [-0.05, 0) is 25.0 Å². The van der Waals surface area contributed by atoms with E-state index < -0.39 is 0 Å². The van der Waals surface area contributed by atoms with Gasteiger partial charge in [-0.15, -0.1) is 10.2 Å². The number of nitrogens with zero attached hydrogens (tertiary/aromatic N) is 3. The van der Waals surface area contributed by atoms with Crippen molar-refractivity contribution in [1.29, 1.82) is 0 Å². The summed E-state index contributed by atoms with van der Waals surface area (Å²) in [6, 6.07) is 3.65. The van der Waals surface area contributed by atoms with Gasteiger partial charge in [-0.3, -0.25) is 9.36 Å². The molecule has 0 aliphatic rings. The van der Waals surface area contributed by atoms with E-state index in [0.717, 1.165) is 6.54 Å². The Kier molecular flexibility index (Phi) is 4.49. The van der Waals surface area contributed by atoms with E-state index in [4.69, 9.17) is 10.2 Å². The average molecular weight is 294 g/mol. The lowest BCUT2D eigenvalue weighted by Crippen LogP contribution is -2.23. The second kappa shape index (κ2) is 6.13. The summed E-state index contributed by atoms with van der Waals surface area (Å²) in [6.45, 7) is 6.72. The van der Waals surface area contributed by atoms with E-state index in [-0.39, 0.29) is 11.2 Å². The first-order chi connectivity index (χ1) is 9.49. The molecule has 0 radical (unpaired) electrons. The SMILES string of the molecule is CC(C)Cn1c(S[C@@H](C)C(N)=O)nnc1-c1ccco1. The van der Waals surface area contributed by atoms with Crippen LogP contribution in [0, 0.1) is 5.92 Å². The van der Waals surface area contributed by atoms with E-state index in [2.05, 4.69) is 24.0 Å². The van der Waals surface area contributed by atoms with Gasteiger partial charge in [0.05, 0.1) is 11.5 Å². The molecular weight excluding hydrogens is 276 g/mol. The van der Waals surface area contributed by atoms with Crippen LogP contribution < -0.4 is 5.73 Å². The first-order valence-electron chi connectivity index (χ1n) is 6.42. The molecule has 2 N–H and O–H groups in total. The zero-order valence-corrected chi connectivity index (χ0v) is 12.6. The van der Waals surface area contributed by atoms with Crippen LogP contribution in [0.15, 0.2) is 28.0 Å². The Balaban J connectivity index is 2.35. The molecule has 2 rings (SSSR count). The summed E-state index contributed by atoms with van der Waals surface area (Å²) in [7, 11) is 0. The molecule has 0 bridgehead atoms. The molecule has 0 fully saturated rings. The molecule has 6 nitrogen and oxygen atoms in total. The second-order valence-corrected chi connectivity index (χ2v) is 6.26. The zero-order valence-electron chi connectivity index (χ0n) is 11.7. The minimum atomic E-state index is -0.367. The summed E-state index contributed by atoms with van der Waals surface area (Å²) in [5.41, 5.74) is 5.30. The Morgan fingerprint density at radius 3 is 2.75 bits per heavy atom. The number of hydrogen-bond donors (Lipinski definition) is 1. The highest BCUT2D eigenvalue weighted by atomic mass is 32.2. The lowest BCUT2D eigenvalue weighted by atomic mass is 10.2. The monoisotopic (exact) mass is 294 g/mol. The predicted molar refractivity (Wildman–Crippen MR) is 77.1 cm³/mol. The van der Waals surface area contributed by atoms with E-state index in [0.29, 0.717) is 22.7 Å². The first-order valence-corrected chi connectivity index (χ1v) is 7.30. The number of carbonyl (C=O) groups is 1. The smallest absolute Gasteiger partial charge is 0.230 e. The van der Waals surface area contributed by atoms with Crippen molar-refractivity contribution in [3.8, 4) is 11.6 Å². The maximum atomic E-state index is 11.2. The molecule has 7 heteroatoms. The van der Waals surface area contributed by atoms with Gasteiger partial charge in [-0.1, -0.05) is 25.6 Å². The number of thioether (sulfide) groups is 1. The Morgan fingerprint density at radius 1 is 1.45 bits per heavy atom. The van der Waals surface area contributed by atoms with Crippen molar-refractivity contribution in [3.63, 3.8) is 0 Å². The molecule has 2 aromatic rings. The third-order valence-corrected chi connectivity index (χ3v) is 3.79. The quantitative estimate of drug-likeness (QED) is 0.825. The summed E-state index contributed by atoms with van der Waals surface area (Å²) < 4.78 is 7.35. The molecule has 1 atom stereocenters. The van der Waals surface area contributed by atoms with Crippen molar-refractivity contribution < 1.29 is 9.21 Å². The van der Waals surface area contributed by atoms with Crippen LogP contribution >= 0.6 is 11.8 Å². The third kappa shape index (κ3) is 3.22. The van der Waals surface area contributed by atoms with Crippen molar-refractivity contribution in [2.24, 2.45) is 11.7 Å². The fraction of sp³-hybridized carbons (Fsp3) is 0.462. The molecule has 2 aromatic heterocycles. The van der Waals surface area contributed by atoms with Gasteiger partial charge in [0.15, 0.2) is 16.7 Å². The molecule has 0 aromatic carbocycles. The molecule has 20 heavy (non-hydrogen) atoms. The van der Waals surface area contributed by atoms with Crippen LogP contribution in [0.2, 0.25) is 0 Å². The average Bonchev–Trinajstić information content (AvgIpc) is 2.99. The van der Waals surface area contributed by atoms with Gasteiger partial charge in [0.25, 0.3) is 0 Å². The van der Waals surface area contributed by atoms with Crippen molar-refractivity contribution in [2.75, 3.05) is 0 Å². The number of furan rings is 1. The number of nitrogens with two attached hydrogens (primary N) is 1. The van der Waals surface area contributed by atoms with E-state index in [1.807, 2.05) is 16.7 Å². The molecule has 0 spiro atoms. The van der Waals surface area contributed by atoms with Crippen LogP contribution in [0.25, 0.3) is 11.6 Å². The lowest BCUT2D eigenvalue weighted by Gasteiger charge is -2.12. The minimum Gasteiger partial charge on any atom is -0.461 e.